The third kappa shape index (κ3) is 6.96. The van der Waals surface area contributed by atoms with Crippen LogP contribution in [0.4, 0.5) is 34.1 Å². The quantitative estimate of drug-likeness (QED) is 0.163. The number of anilines is 6. The molecule has 1 saturated carbocycles. The molecule has 2 heterocycles. The molecule has 2 aliphatic heterocycles. The van der Waals surface area contributed by atoms with E-state index >= 15 is 0 Å². The molecule has 7 aromatic carbocycles. The van der Waals surface area contributed by atoms with Gasteiger partial charge in [-0.25, -0.2) is 0 Å². The first kappa shape index (κ1) is 51.4. The van der Waals surface area contributed by atoms with Gasteiger partial charge in [0.2, 0.25) is 0 Å². The molecule has 0 amide bonds. The van der Waals surface area contributed by atoms with E-state index in [0.717, 1.165) is 0 Å². The maximum Gasteiger partial charge on any atom is 0.252 e. The summed E-state index contributed by atoms with van der Waals surface area (Å²) in [6, 6.07) is 48.1. The first-order valence-electron chi connectivity index (χ1n) is 30.7. The molecule has 404 valence electrons. The fraction of sp³-hybridized carbons (Fsp3) is 0.447. The number of hydrogen-bond acceptors (Lipinski definition) is 2. The van der Waals surface area contributed by atoms with E-state index in [2.05, 4.69) is 243 Å². The summed E-state index contributed by atoms with van der Waals surface area (Å²) in [4.78, 5) is 5.52. The topological polar surface area (TPSA) is 6.48 Å². The van der Waals surface area contributed by atoms with Gasteiger partial charge in [0.05, 0.1) is 0 Å². The molecule has 2 nitrogen and oxygen atoms in total. The minimum Gasteiger partial charge on any atom is -0.311 e. The zero-order valence-electron chi connectivity index (χ0n) is 51.2. The molecule has 5 aliphatic carbocycles. The average molecular weight is 1040 g/mol. The lowest BCUT2D eigenvalue weighted by atomic mass is 9.33. The summed E-state index contributed by atoms with van der Waals surface area (Å²) in [6.07, 6.45) is 9.80. The molecule has 7 aliphatic rings. The Balaban J connectivity index is 1.07. The molecular formula is C76H87BN2. The maximum absolute atomic E-state index is 2.80. The normalized spacial score (nSPS) is 24.5. The number of fused-ring (bicyclic) bond motifs is 12. The number of rotatable bonds is 3. The van der Waals surface area contributed by atoms with Crippen molar-refractivity contribution in [3.63, 3.8) is 0 Å². The van der Waals surface area contributed by atoms with Crippen molar-refractivity contribution in [1.82, 2.24) is 0 Å². The van der Waals surface area contributed by atoms with Gasteiger partial charge in [-0.15, -0.1) is 0 Å². The Morgan fingerprint density at radius 1 is 0.456 bits per heavy atom. The molecule has 0 N–H and O–H groups in total. The van der Waals surface area contributed by atoms with E-state index in [1.165, 1.54) is 169 Å². The zero-order chi connectivity index (χ0) is 55.7. The van der Waals surface area contributed by atoms with Crippen LogP contribution in [0, 0.1) is 19.3 Å². The van der Waals surface area contributed by atoms with Crippen LogP contribution in [-0.2, 0) is 37.9 Å². The summed E-state index contributed by atoms with van der Waals surface area (Å²) < 4.78 is 0. The Hall–Kier alpha value is -5.80. The average Bonchev–Trinajstić information content (AvgIpc) is 3.97. The van der Waals surface area contributed by atoms with E-state index in [0.29, 0.717) is 0 Å². The van der Waals surface area contributed by atoms with Crippen LogP contribution in [0.2, 0.25) is 0 Å². The lowest BCUT2D eigenvalue weighted by molar-refractivity contribution is 0.0923. The SMILES string of the molecule is Cc1cc2c3c(c1)N(c1cc4c(cc1C)C(C)(C)CCC4(C)C)c1cc(C4c5ccc(C(C)(C)C)cc5C5(C)CCCC[C@@]45C)ccc1B3c1cc3c(cc1N2c1ccc2c(c1)C(C)(C)c1ccccc1-2)C(C)(C)CCC3(C)C. The number of nitrogens with zero attached hydrogens (tertiary/aromatic N) is 2. The molecule has 14 rings (SSSR count). The van der Waals surface area contributed by atoms with Gasteiger partial charge in [0, 0.05) is 45.5 Å². The Morgan fingerprint density at radius 2 is 1.04 bits per heavy atom. The highest BCUT2D eigenvalue weighted by atomic mass is 15.2. The Morgan fingerprint density at radius 3 is 1.71 bits per heavy atom. The lowest BCUT2D eigenvalue weighted by Crippen LogP contribution is -2.62. The second-order valence-corrected chi connectivity index (χ2v) is 31.2. The van der Waals surface area contributed by atoms with Crippen molar-refractivity contribution in [2.24, 2.45) is 5.41 Å². The Bertz CT molecular complexity index is 3790. The summed E-state index contributed by atoms with van der Waals surface area (Å²) >= 11 is 0. The van der Waals surface area contributed by atoms with Crippen LogP contribution >= 0.6 is 0 Å². The highest BCUT2D eigenvalue weighted by molar-refractivity contribution is 7.00. The number of hydrogen-bond donors (Lipinski definition) is 0. The summed E-state index contributed by atoms with van der Waals surface area (Å²) in [5.74, 6) is 0.284. The van der Waals surface area contributed by atoms with E-state index in [1.807, 2.05) is 0 Å². The van der Waals surface area contributed by atoms with Crippen LogP contribution < -0.4 is 26.2 Å². The lowest BCUT2D eigenvalue weighted by Gasteiger charge is -2.50. The minimum absolute atomic E-state index is 0.0347. The second-order valence-electron chi connectivity index (χ2n) is 31.2. The number of benzene rings is 7. The molecule has 3 atom stereocenters. The van der Waals surface area contributed by atoms with Gasteiger partial charge in [0.25, 0.3) is 6.71 Å². The van der Waals surface area contributed by atoms with Crippen molar-refractivity contribution in [1.29, 1.82) is 0 Å². The molecule has 79 heavy (non-hydrogen) atoms. The molecule has 0 radical (unpaired) electrons. The summed E-state index contributed by atoms with van der Waals surface area (Å²) in [7, 11) is 0. The minimum atomic E-state index is -0.127. The van der Waals surface area contributed by atoms with Crippen molar-refractivity contribution >= 4 is 57.2 Å². The fourth-order valence-electron chi connectivity index (χ4n) is 17.8. The summed E-state index contributed by atoms with van der Waals surface area (Å²) in [5.41, 5.74) is 33.0. The predicted octanol–water partition coefficient (Wildman–Crippen LogP) is 18.7. The smallest absolute Gasteiger partial charge is 0.252 e. The summed E-state index contributed by atoms with van der Waals surface area (Å²) in [5, 5.41) is 0. The van der Waals surface area contributed by atoms with Gasteiger partial charge < -0.3 is 9.80 Å². The number of aryl methyl sites for hydroxylation is 2. The largest absolute Gasteiger partial charge is 0.311 e. The Labute approximate surface area is 475 Å². The van der Waals surface area contributed by atoms with Gasteiger partial charge >= 0.3 is 0 Å². The van der Waals surface area contributed by atoms with Crippen LogP contribution in [0.5, 0.6) is 0 Å². The molecule has 1 fully saturated rings. The third-order valence-corrected chi connectivity index (χ3v) is 23.1. The highest BCUT2D eigenvalue weighted by Gasteiger charge is 2.59. The van der Waals surface area contributed by atoms with Crippen molar-refractivity contribution in [3.05, 3.63) is 182 Å². The van der Waals surface area contributed by atoms with E-state index in [4.69, 9.17) is 0 Å². The molecule has 2 unspecified atom stereocenters. The molecule has 3 heteroatoms. The molecule has 0 spiro atoms. The van der Waals surface area contributed by atoms with Crippen molar-refractivity contribution in [2.45, 2.75) is 213 Å². The van der Waals surface area contributed by atoms with Gasteiger partial charge in [0.1, 0.15) is 0 Å². The second kappa shape index (κ2) is 16.2. The van der Waals surface area contributed by atoms with E-state index < -0.39 is 0 Å². The van der Waals surface area contributed by atoms with Crippen LogP contribution in [0.15, 0.2) is 115 Å². The van der Waals surface area contributed by atoms with Gasteiger partial charge in [0.15, 0.2) is 0 Å². The van der Waals surface area contributed by atoms with Crippen molar-refractivity contribution in [2.75, 3.05) is 9.80 Å². The monoisotopic (exact) mass is 1040 g/mol. The molecule has 0 bridgehead atoms. The van der Waals surface area contributed by atoms with Crippen molar-refractivity contribution < 1.29 is 0 Å². The van der Waals surface area contributed by atoms with Gasteiger partial charge in [-0.05, 0) is 227 Å². The van der Waals surface area contributed by atoms with Crippen LogP contribution in [0.25, 0.3) is 11.1 Å². The maximum atomic E-state index is 2.80. The van der Waals surface area contributed by atoms with Crippen LogP contribution in [-0.4, -0.2) is 6.71 Å². The third-order valence-electron chi connectivity index (χ3n) is 23.1. The van der Waals surface area contributed by atoms with Crippen LogP contribution in [0.3, 0.4) is 0 Å². The van der Waals surface area contributed by atoms with Gasteiger partial charge in [-0.3, -0.25) is 0 Å². The molecular weight excluding hydrogens is 952 g/mol. The fourth-order valence-corrected chi connectivity index (χ4v) is 17.8. The zero-order valence-corrected chi connectivity index (χ0v) is 51.2. The molecule has 7 aromatic rings. The molecule has 0 aromatic heterocycles. The first-order valence-corrected chi connectivity index (χ1v) is 30.7. The first-order chi connectivity index (χ1) is 37.1. The predicted molar refractivity (Wildman–Crippen MR) is 339 cm³/mol. The van der Waals surface area contributed by atoms with Crippen LogP contribution in [0.1, 0.15) is 228 Å². The van der Waals surface area contributed by atoms with Crippen molar-refractivity contribution in [3.8, 4) is 11.1 Å². The summed E-state index contributed by atoms with van der Waals surface area (Å²) in [6.45, 7) is 42.2. The van der Waals surface area contributed by atoms with Gasteiger partial charge in [-0.2, -0.15) is 0 Å². The Kier molecular flexibility index (Phi) is 10.5. The van der Waals surface area contributed by atoms with E-state index in [9.17, 15) is 0 Å². The van der Waals surface area contributed by atoms with E-state index in [-0.39, 0.29) is 56.0 Å². The highest BCUT2D eigenvalue weighted by Crippen LogP contribution is 2.67. The standard InChI is InChI=1S/C76H87BN2/c1-45-36-65-68-66(37-45)79(62-43-58-56(38-46(62)2)70(6,7)32-34-72(58,10)11)63-39-47(67-52-27-25-48(69(3,4)5)40-55(52)75(16)30-20-21-31-76(67,75)17)24-29-60(63)77(68)61-42-57-59(73(12,13)35-33-71(57,8)9)44-64(61)78(65)49-26-28-51-50-22-18-19-23-53(50)74(14,15)54(51)41-49/h18-19,22-29,36-44,67H,20-21,30-35H2,1-17H3/t67?,75?,76-/m0/s1. The van der Waals surface area contributed by atoms with Gasteiger partial charge in [-0.1, -0.05) is 189 Å². The van der Waals surface area contributed by atoms with E-state index in [1.54, 1.807) is 11.1 Å². The molecule has 0 saturated heterocycles.